The zero-order valence-electron chi connectivity index (χ0n) is 8.57. The van der Waals surface area contributed by atoms with E-state index < -0.39 is 18.0 Å². The molecule has 17 heavy (non-hydrogen) atoms. The second-order valence-corrected chi connectivity index (χ2v) is 3.78. The summed E-state index contributed by atoms with van der Waals surface area (Å²) in [6.45, 7) is -0.357. The Hall–Kier alpha value is -1.80. The van der Waals surface area contributed by atoms with E-state index in [-0.39, 0.29) is 31.0 Å². The van der Waals surface area contributed by atoms with Crippen molar-refractivity contribution in [1.82, 2.24) is 15.2 Å². The van der Waals surface area contributed by atoms with Crippen molar-refractivity contribution >= 4 is 11.7 Å². The van der Waals surface area contributed by atoms with E-state index in [9.17, 15) is 18.0 Å². The van der Waals surface area contributed by atoms with Gasteiger partial charge in [0.2, 0.25) is 11.5 Å². The Morgan fingerprint density at radius 1 is 1.47 bits per heavy atom. The summed E-state index contributed by atoms with van der Waals surface area (Å²) in [5.74, 6) is -2.39. The number of hydrogen-bond acceptors (Lipinski definition) is 5. The Morgan fingerprint density at radius 3 is 2.65 bits per heavy atom. The van der Waals surface area contributed by atoms with Gasteiger partial charge in [0.05, 0.1) is 5.92 Å². The Morgan fingerprint density at radius 2 is 2.18 bits per heavy atom. The van der Waals surface area contributed by atoms with Crippen LogP contribution in [0.4, 0.5) is 19.0 Å². The lowest BCUT2D eigenvalue weighted by Crippen LogP contribution is -2.32. The maximum absolute atomic E-state index is 12.4. The van der Waals surface area contributed by atoms with Gasteiger partial charge < -0.3 is 10.6 Å². The molecule has 2 heterocycles. The van der Waals surface area contributed by atoms with E-state index in [0.29, 0.717) is 0 Å². The summed E-state index contributed by atoms with van der Waals surface area (Å²) in [5, 5.41) is 6.46. The second-order valence-electron chi connectivity index (χ2n) is 3.78. The number of anilines is 1. The number of carbonyl (C=O) groups excluding carboxylic acids is 1. The molecule has 1 aliphatic heterocycles. The zero-order valence-corrected chi connectivity index (χ0v) is 8.57. The van der Waals surface area contributed by atoms with E-state index in [1.807, 2.05) is 0 Å². The second kappa shape index (κ2) is 3.90. The molecule has 2 N–H and O–H groups in total. The smallest absolute Gasteiger partial charge is 0.379 e. The summed E-state index contributed by atoms with van der Waals surface area (Å²) < 4.78 is 41.5. The van der Waals surface area contributed by atoms with E-state index >= 15 is 0 Å². The molecule has 1 unspecified atom stereocenters. The highest BCUT2D eigenvalue weighted by atomic mass is 19.4. The summed E-state index contributed by atoms with van der Waals surface area (Å²) in [7, 11) is 0. The molecule has 1 aromatic rings. The molecule has 6 nitrogen and oxygen atoms in total. The van der Waals surface area contributed by atoms with Crippen molar-refractivity contribution in [3.63, 3.8) is 0 Å². The number of alkyl halides is 3. The molecular weight excluding hydrogens is 241 g/mol. The van der Waals surface area contributed by atoms with Gasteiger partial charge in [0, 0.05) is 13.1 Å². The SMILES string of the molecule is Nc1nonc1C(=O)N1CCC(C(F)(F)F)C1. The Balaban J connectivity index is 2.07. The van der Waals surface area contributed by atoms with Crippen molar-refractivity contribution in [1.29, 1.82) is 0 Å². The van der Waals surface area contributed by atoms with Gasteiger partial charge in [-0.25, -0.2) is 4.63 Å². The number of amides is 1. The highest BCUT2D eigenvalue weighted by molar-refractivity contribution is 5.96. The van der Waals surface area contributed by atoms with Crippen LogP contribution in [0.15, 0.2) is 4.63 Å². The molecule has 1 saturated heterocycles. The largest absolute Gasteiger partial charge is 0.393 e. The molecule has 1 fully saturated rings. The average molecular weight is 250 g/mol. The highest BCUT2D eigenvalue weighted by Gasteiger charge is 2.45. The Labute approximate surface area is 93.5 Å². The van der Waals surface area contributed by atoms with Crippen molar-refractivity contribution in [2.75, 3.05) is 18.8 Å². The molecule has 0 bridgehead atoms. The van der Waals surface area contributed by atoms with Crippen LogP contribution >= 0.6 is 0 Å². The summed E-state index contributed by atoms with van der Waals surface area (Å²) in [6, 6.07) is 0. The quantitative estimate of drug-likeness (QED) is 0.792. The lowest BCUT2D eigenvalue weighted by atomic mass is 10.1. The van der Waals surface area contributed by atoms with Gasteiger partial charge >= 0.3 is 6.18 Å². The topological polar surface area (TPSA) is 85.2 Å². The first-order valence-electron chi connectivity index (χ1n) is 4.83. The van der Waals surface area contributed by atoms with Crippen molar-refractivity contribution in [2.45, 2.75) is 12.6 Å². The molecule has 1 aliphatic rings. The molecule has 0 saturated carbocycles. The van der Waals surface area contributed by atoms with E-state index in [2.05, 4.69) is 14.9 Å². The fraction of sp³-hybridized carbons (Fsp3) is 0.625. The molecule has 0 radical (unpaired) electrons. The van der Waals surface area contributed by atoms with Crippen LogP contribution in [-0.4, -0.2) is 40.4 Å². The predicted molar refractivity (Wildman–Crippen MR) is 48.8 cm³/mol. The van der Waals surface area contributed by atoms with Crippen LogP contribution in [0, 0.1) is 5.92 Å². The van der Waals surface area contributed by atoms with Crippen LogP contribution in [0.25, 0.3) is 0 Å². The number of rotatable bonds is 1. The number of hydrogen-bond donors (Lipinski definition) is 1. The third-order valence-electron chi connectivity index (χ3n) is 2.65. The third-order valence-corrected chi connectivity index (χ3v) is 2.65. The average Bonchev–Trinajstić information content (AvgIpc) is 2.83. The first-order chi connectivity index (χ1) is 7.89. The monoisotopic (exact) mass is 250 g/mol. The fourth-order valence-electron chi connectivity index (χ4n) is 1.71. The van der Waals surface area contributed by atoms with Gasteiger partial charge in [0.15, 0.2) is 0 Å². The van der Waals surface area contributed by atoms with Gasteiger partial charge in [0.1, 0.15) is 0 Å². The maximum Gasteiger partial charge on any atom is 0.393 e. The molecule has 94 valence electrons. The minimum absolute atomic E-state index is 0.0231. The number of aromatic nitrogens is 2. The van der Waals surface area contributed by atoms with Gasteiger partial charge in [-0.1, -0.05) is 0 Å². The first kappa shape index (κ1) is 11.7. The lowest BCUT2D eigenvalue weighted by Gasteiger charge is -2.16. The molecule has 1 aromatic heterocycles. The number of nitrogens with zero attached hydrogens (tertiary/aromatic N) is 3. The summed E-state index contributed by atoms with van der Waals surface area (Å²) in [4.78, 5) is 12.8. The van der Waals surface area contributed by atoms with Gasteiger partial charge in [-0.2, -0.15) is 13.2 Å². The summed E-state index contributed by atoms with van der Waals surface area (Å²) >= 11 is 0. The molecule has 1 atom stereocenters. The van der Waals surface area contributed by atoms with Gasteiger partial charge in [0.25, 0.3) is 5.91 Å². The number of nitrogens with two attached hydrogens (primary N) is 1. The lowest BCUT2D eigenvalue weighted by molar-refractivity contribution is -0.169. The first-order valence-corrected chi connectivity index (χ1v) is 4.83. The Bertz CT molecular complexity index is 431. The number of carbonyl (C=O) groups is 1. The van der Waals surface area contributed by atoms with Gasteiger partial charge in [-0.15, -0.1) is 0 Å². The highest BCUT2D eigenvalue weighted by Crippen LogP contribution is 2.33. The van der Waals surface area contributed by atoms with Crippen LogP contribution in [0.1, 0.15) is 16.9 Å². The van der Waals surface area contributed by atoms with Gasteiger partial charge in [-0.05, 0) is 16.7 Å². The number of halogens is 3. The van der Waals surface area contributed by atoms with E-state index in [1.165, 1.54) is 0 Å². The van der Waals surface area contributed by atoms with Crippen molar-refractivity contribution in [3.05, 3.63) is 5.69 Å². The predicted octanol–water partition coefficient (Wildman–Crippen LogP) is 0.676. The van der Waals surface area contributed by atoms with Crippen LogP contribution in [0.2, 0.25) is 0 Å². The molecule has 2 rings (SSSR count). The van der Waals surface area contributed by atoms with Crippen molar-refractivity contribution in [2.24, 2.45) is 5.92 Å². The fourth-order valence-corrected chi connectivity index (χ4v) is 1.71. The minimum Gasteiger partial charge on any atom is -0.379 e. The molecule has 9 heteroatoms. The molecule has 1 amide bonds. The molecule has 0 spiro atoms. The number of nitrogen functional groups attached to an aromatic ring is 1. The molecular formula is C8H9F3N4O2. The van der Waals surface area contributed by atoms with Crippen LogP contribution in [0.5, 0.6) is 0 Å². The van der Waals surface area contributed by atoms with Crippen LogP contribution in [-0.2, 0) is 0 Å². The maximum atomic E-state index is 12.4. The zero-order chi connectivity index (χ0) is 12.6. The van der Waals surface area contributed by atoms with Gasteiger partial charge in [-0.3, -0.25) is 4.79 Å². The van der Waals surface area contributed by atoms with Crippen molar-refractivity contribution in [3.8, 4) is 0 Å². The summed E-state index contributed by atoms with van der Waals surface area (Å²) in [5.41, 5.74) is 5.05. The molecule has 0 aromatic carbocycles. The van der Waals surface area contributed by atoms with E-state index in [1.54, 1.807) is 0 Å². The third kappa shape index (κ3) is 2.17. The Kier molecular flexibility index (Phi) is 2.68. The van der Waals surface area contributed by atoms with E-state index in [4.69, 9.17) is 5.73 Å². The molecule has 0 aliphatic carbocycles. The minimum atomic E-state index is -4.29. The summed E-state index contributed by atoms with van der Waals surface area (Å²) in [6.07, 6.45) is -4.40. The number of likely N-dealkylation sites (tertiary alicyclic amines) is 1. The normalized spacial score (nSPS) is 20.9. The standard InChI is InChI=1S/C8H9F3N4O2/c9-8(10,11)4-1-2-15(3-4)7(16)5-6(12)14-17-13-5/h4H,1-3H2,(H2,12,14). The van der Waals surface area contributed by atoms with E-state index in [0.717, 1.165) is 4.90 Å². The van der Waals surface area contributed by atoms with Crippen molar-refractivity contribution < 1.29 is 22.6 Å². The van der Waals surface area contributed by atoms with Crippen LogP contribution < -0.4 is 5.73 Å². The van der Waals surface area contributed by atoms with Crippen LogP contribution in [0.3, 0.4) is 0 Å².